The summed E-state index contributed by atoms with van der Waals surface area (Å²) in [6.07, 6.45) is 0.346. The van der Waals surface area contributed by atoms with Crippen molar-refractivity contribution in [2.75, 3.05) is 19.0 Å². The van der Waals surface area contributed by atoms with Gasteiger partial charge in [0, 0.05) is 23.7 Å². The van der Waals surface area contributed by atoms with Crippen molar-refractivity contribution in [2.45, 2.75) is 63.7 Å². The number of esters is 1. The highest BCUT2D eigenvalue weighted by atomic mass is 19.1. The van der Waals surface area contributed by atoms with E-state index in [-0.39, 0.29) is 53.6 Å². The number of nitrogens with one attached hydrogen (secondary N) is 2. The Hall–Kier alpha value is -4.09. The van der Waals surface area contributed by atoms with E-state index in [1.165, 1.54) is 31.4 Å². The quantitative estimate of drug-likeness (QED) is 0.401. The molecule has 2 aromatic carbocycles. The average Bonchev–Trinajstić information content (AvgIpc) is 3.56. The molecule has 2 aliphatic rings. The van der Waals surface area contributed by atoms with Crippen molar-refractivity contribution in [1.82, 2.24) is 15.2 Å². The highest BCUT2D eigenvalue weighted by molar-refractivity contribution is 5.90. The molecule has 41 heavy (non-hydrogen) atoms. The molecule has 12 heteroatoms. The topological polar surface area (TPSA) is 114 Å². The van der Waals surface area contributed by atoms with Crippen LogP contribution in [0.1, 0.15) is 43.2 Å². The largest absolute Gasteiger partial charge is 0.469 e. The van der Waals surface area contributed by atoms with Gasteiger partial charge in [0.15, 0.2) is 11.4 Å². The maximum atomic E-state index is 15.4. The van der Waals surface area contributed by atoms with E-state index in [0.717, 1.165) is 10.5 Å². The summed E-state index contributed by atoms with van der Waals surface area (Å²) < 4.78 is 53.8. The van der Waals surface area contributed by atoms with Crippen LogP contribution in [0.3, 0.4) is 0 Å². The molecule has 0 radical (unpaired) electrons. The summed E-state index contributed by atoms with van der Waals surface area (Å²) in [7, 11) is 1.34. The molecular weight excluding hydrogens is 541 g/mol. The fourth-order valence-corrected chi connectivity index (χ4v) is 5.55. The molecule has 1 aliphatic heterocycles. The SMILES string of the molecule is COC(=O)[C@H]1CC[C@H](NC(=O)[C@@H]2C[C@H](F)CN2C(=O)Cc2ccc3nc(Nc4cc(F)ccc4C)oc3c2F)CC1. The van der Waals surface area contributed by atoms with E-state index in [1.807, 2.05) is 0 Å². The third-order valence-corrected chi connectivity index (χ3v) is 7.84. The zero-order valence-corrected chi connectivity index (χ0v) is 22.7. The van der Waals surface area contributed by atoms with E-state index < -0.39 is 42.1 Å². The number of benzene rings is 2. The summed E-state index contributed by atoms with van der Waals surface area (Å²) in [6, 6.07) is 5.79. The summed E-state index contributed by atoms with van der Waals surface area (Å²) in [5, 5.41) is 5.73. The van der Waals surface area contributed by atoms with Gasteiger partial charge in [-0.15, -0.1) is 0 Å². The van der Waals surface area contributed by atoms with E-state index >= 15 is 4.39 Å². The summed E-state index contributed by atoms with van der Waals surface area (Å²) in [5.41, 5.74) is 1.15. The Morgan fingerprint density at radius 3 is 2.61 bits per heavy atom. The predicted octanol–water partition coefficient (Wildman–Crippen LogP) is 4.49. The lowest BCUT2D eigenvalue weighted by atomic mass is 9.86. The third-order valence-electron chi connectivity index (χ3n) is 7.84. The zero-order chi connectivity index (χ0) is 29.3. The van der Waals surface area contributed by atoms with Crippen LogP contribution in [0.25, 0.3) is 11.1 Å². The maximum absolute atomic E-state index is 15.4. The molecule has 0 bridgehead atoms. The van der Waals surface area contributed by atoms with Crippen molar-refractivity contribution in [3.05, 3.63) is 53.1 Å². The smallest absolute Gasteiger partial charge is 0.308 e. The molecule has 2 fully saturated rings. The number of aromatic nitrogens is 1. The number of nitrogens with zero attached hydrogens (tertiary/aromatic N) is 2. The summed E-state index contributed by atoms with van der Waals surface area (Å²) >= 11 is 0. The van der Waals surface area contributed by atoms with Gasteiger partial charge in [0.1, 0.15) is 23.5 Å². The van der Waals surface area contributed by atoms with Crippen molar-refractivity contribution < 1.29 is 36.7 Å². The van der Waals surface area contributed by atoms with Crippen molar-refractivity contribution in [3.63, 3.8) is 0 Å². The monoisotopic (exact) mass is 572 g/mol. The number of ether oxygens (including phenoxy) is 1. The molecular formula is C29H31F3N4O5. The maximum Gasteiger partial charge on any atom is 0.308 e. The lowest BCUT2D eigenvalue weighted by Crippen LogP contribution is -2.50. The Kier molecular flexibility index (Phi) is 8.18. The van der Waals surface area contributed by atoms with Crippen molar-refractivity contribution in [3.8, 4) is 0 Å². The fraction of sp³-hybridized carbons (Fsp3) is 0.448. The molecule has 218 valence electrons. The number of aryl methyl sites for hydroxylation is 1. The number of methoxy groups -OCH3 is 1. The molecule has 9 nitrogen and oxygen atoms in total. The molecule has 1 saturated carbocycles. The fourth-order valence-electron chi connectivity index (χ4n) is 5.55. The lowest BCUT2D eigenvalue weighted by Gasteiger charge is -2.30. The van der Waals surface area contributed by atoms with Crippen LogP contribution in [0, 0.1) is 24.5 Å². The number of halogens is 3. The summed E-state index contributed by atoms with van der Waals surface area (Å²) in [5.74, 6) is -2.79. The Labute approximate surface area is 234 Å². The van der Waals surface area contributed by atoms with Crippen LogP contribution < -0.4 is 10.6 Å². The van der Waals surface area contributed by atoms with Gasteiger partial charge in [0.25, 0.3) is 6.01 Å². The summed E-state index contributed by atoms with van der Waals surface area (Å²) in [6.45, 7) is 1.50. The van der Waals surface area contributed by atoms with E-state index in [2.05, 4.69) is 15.6 Å². The van der Waals surface area contributed by atoms with E-state index in [1.54, 1.807) is 13.0 Å². The molecule has 1 aromatic heterocycles. The van der Waals surface area contributed by atoms with Gasteiger partial charge in [-0.2, -0.15) is 4.98 Å². The van der Waals surface area contributed by atoms with Gasteiger partial charge < -0.3 is 24.7 Å². The van der Waals surface area contributed by atoms with Gasteiger partial charge in [0.2, 0.25) is 11.8 Å². The van der Waals surface area contributed by atoms with Gasteiger partial charge in [-0.05, 0) is 56.4 Å². The van der Waals surface area contributed by atoms with Crippen LogP contribution in [-0.2, 0) is 25.5 Å². The van der Waals surface area contributed by atoms with Crippen LogP contribution in [-0.4, -0.2) is 59.6 Å². The molecule has 0 unspecified atom stereocenters. The van der Waals surface area contributed by atoms with Crippen LogP contribution in [0.5, 0.6) is 0 Å². The van der Waals surface area contributed by atoms with Crippen LogP contribution in [0.15, 0.2) is 34.7 Å². The number of alkyl halides is 1. The number of likely N-dealkylation sites (tertiary alicyclic amines) is 1. The van der Waals surface area contributed by atoms with Crippen LogP contribution in [0.2, 0.25) is 0 Å². The normalized spacial score (nSPS) is 22.5. The van der Waals surface area contributed by atoms with Gasteiger partial charge in [-0.3, -0.25) is 14.4 Å². The Morgan fingerprint density at radius 1 is 1.12 bits per heavy atom. The second-order valence-electron chi connectivity index (χ2n) is 10.6. The molecule has 2 amide bonds. The summed E-state index contributed by atoms with van der Waals surface area (Å²) in [4.78, 5) is 43.3. The number of hydrogen-bond donors (Lipinski definition) is 2. The zero-order valence-electron chi connectivity index (χ0n) is 22.7. The highest BCUT2D eigenvalue weighted by Crippen LogP contribution is 2.30. The van der Waals surface area contributed by atoms with Crippen molar-refractivity contribution >= 4 is 40.6 Å². The van der Waals surface area contributed by atoms with Crippen LogP contribution in [0.4, 0.5) is 24.9 Å². The first-order chi connectivity index (χ1) is 19.6. The second kappa shape index (κ2) is 11.8. The standard InChI is InChI=1S/C29H31F3N4O5/c1-15-3-7-18(30)12-22(15)35-29-34-21-10-6-17(25(32)26(21)41-29)11-24(37)36-14-19(31)13-23(36)27(38)33-20-8-4-16(5-9-20)28(39)40-2/h3,6-7,10,12,16,19-20,23H,4-5,8-9,11,13-14H2,1-2H3,(H,33,38)(H,34,35)/t16-,19-,20-,23-/m0/s1. The van der Waals surface area contributed by atoms with Crippen molar-refractivity contribution in [1.29, 1.82) is 0 Å². The minimum absolute atomic E-state index is 0.00901. The average molecular weight is 573 g/mol. The van der Waals surface area contributed by atoms with Crippen molar-refractivity contribution in [2.24, 2.45) is 5.92 Å². The predicted molar refractivity (Wildman–Crippen MR) is 143 cm³/mol. The molecule has 5 rings (SSSR count). The van der Waals surface area contributed by atoms with Gasteiger partial charge in [-0.1, -0.05) is 12.1 Å². The molecule has 2 atom stereocenters. The molecule has 1 aliphatic carbocycles. The Morgan fingerprint density at radius 2 is 1.88 bits per heavy atom. The van der Waals surface area contributed by atoms with Crippen LogP contribution >= 0.6 is 0 Å². The number of amides is 2. The number of carbonyl (C=O) groups is 3. The highest BCUT2D eigenvalue weighted by Gasteiger charge is 2.41. The lowest BCUT2D eigenvalue weighted by molar-refractivity contribution is -0.146. The first kappa shape index (κ1) is 28.4. The Balaban J connectivity index is 1.25. The molecule has 0 spiro atoms. The van der Waals surface area contributed by atoms with Gasteiger partial charge >= 0.3 is 5.97 Å². The minimum atomic E-state index is -1.38. The van der Waals surface area contributed by atoms with Gasteiger partial charge in [0.05, 0.1) is 26.0 Å². The van der Waals surface area contributed by atoms with E-state index in [0.29, 0.717) is 31.4 Å². The first-order valence-electron chi connectivity index (χ1n) is 13.6. The third kappa shape index (κ3) is 6.15. The minimum Gasteiger partial charge on any atom is -0.469 e. The number of carbonyl (C=O) groups excluding carboxylic acids is 3. The number of oxazole rings is 1. The number of hydrogen-bond acceptors (Lipinski definition) is 7. The molecule has 2 heterocycles. The van der Waals surface area contributed by atoms with E-state index in [9.17, 15) is 23.2 Å². The number of rotatable bonds is 7. The first-order valence-corrected chi connectivity index (χ1v) is 13.6. The number of anilines is 2. The molecule has 3 aromatic rings. The Bertz CT molecular complexity index is 1470. The molecule has 1 saturated heterocycles. The second-order valence-corrected chi connectivity index (χ2v) is 10.6. The number of fused-ring (bicyclic) bond motifs is 1. The van der Waals surface area contributed by atoms with E-state index in [4.69, 9.17) is 9.15 Å². The van der Waals surface area contributed by atoms with Gasteiger partial charge in [-0.25, -0.2) is 13.2 Å². The molecule has 2 N–H and O–H groups in total.